The molecule has 0 aromatic heterocycles. The van der Waals surface area contributed by atoms with Gasteiger partial charge in [0.15, 0.2) is 0 Å². The standard InChI is InChI=1S/C18H21Cl2N3O3S/c1-11(2)23-27(25,26)15-7-5-14(6-8-15)22-18(24)21-12(3)16-9-4-13(19)10-17(16)20/h4-12,23H,1-3H3,(H2,21,22,24). The lowest BCUT2D eigenvalue weighted by molar-refractivity contribution is 0.249. The van der Waals surface area contributed by atoms with E-state index in [4.69, 9.17) is 23.2 Å². The van der Waals surface area contributed by atoms with Gasteiger partial charge in [-0.05, 0) is 62.7 Å². The Balaban J connectivity index is 2.01. The zero-order valence-corrected chi connectivity index (χ0v) is 17.4. The van der Waals surface area contributed by atoms with Crippen LogP contribution in [0, 0.1) is 0 Å². The summed E-state index contributed by atoms with van der Waals surface area (Å²) in [5.41, 5.74) is 1.20. The average Bonchev–Trinajstić information content (AvgIpc) is 2.53. The molecule has 1 atom stereocenters. The fourth-order valence-electron chi connectivity index (χ4n) is 2.39. The quantitative estimate of drug-likeness (QED) is 0.628. The van der Waals surface area contributed by atoms with E-state index in [1.807, 2.05) is 0 Å². The van der Waals surface area contributed by atoms with Gasteiger partial charge in [-0.1, -0.05) is 29.3 Å². The van der Waals surface area contributed by atoms with Gasteiger partial charge in [0.25, 0.3) is 0 Å². The Bertz CT molecular complexity index is 916. The molecule has 6 nitrogen and oxygen atoms in total. The number of urea groups is 1. The maximum absolute atomic E-state index is 12.2. The van der Waals surface area contributed by atoms with Crippen LogP contribution in [0.2, 0.25) is 10.0 Å². The van der Waals surface area contributed by atoms with Gasteiger partial charge in [-0.2, -0.15) is 0 Å². The molecule has 0 spiro atoms. The van der Waals surface area contributed by atoms with Gasteiger partial charge in [0, 0.05) is 21.8 Å². The number of carbonyl (C=O) groups excluding carboxylic acids is 1. The summed E-state index contributed by atoms with van der Waals surface area (Å²) in [7, 11) is -3.57. The summed E-state index contributed by atoms with van der Waals surface area (Å²) in [5.74, 6) is 0. The summed E-state index contributed by atoms with van der Waals surface area (Å²) in [5, 5.41) is 6.40. The molecule has 0 aliphatic carbocycles. The van der Waals surface area contributed by atoms with E-state index in [1.165, 1.54) is 24.3 Å². The molecule has 9 heteroatoms. The third kappa shape index (κ3) is 6.10. The SMILES string of the molecule is CC(C)NS(=O)(=O)c1ccc(NC(=O)NC(C)c2ccc(Cl)cc2Cl)cc1. The number of sulfonamides is 1. The summed E-state index contributed by atoms with van der Waals surface area (Å²) < 4.78 is 26.7. The van der Waals surface area contributed by atoms with E-state index < -0.39 is 16.1 Å². The second kappa shape index (κ2) is 8.93. The first-order valence-corrected chi connectivity index (χ1v) is 10.5. The Morgan fingerprint density at radius 3 is 2.19 bits per heavy atom. The second-order valence-electron chi connectivity index (χ2n) is 6.29. The van der Waals surface area contributed by atoms with Crippen molar-refractivity contribution < 1.29 is 13.2 Å². The third-order valence-corrected chi connectivity index (χ3v) is 5.83. The van der Waals surface area contributed by atoms with Gasteiger partial charge < -0.3 is 10.6 Å². The molecule has 27 heavy (non-hydrogen) atoms. The number of anilines is 1. The van der Waals surface area contributed by atoms with E-state index in [2.05, 4.69) is 15.4 Å². The smallest absolute Gasteiger partial charge is 0.319 e. The Kier molecular flexibility index (Phi) is 7.11. The number of halogens is 2. The first kappa shape index (κ1) is 21.5. The summed E-state index contributed by atoms with van der Waals surface area (Å²) in [6.45, 7) is 5.28. The molecule has 2 rings (SSSR count). The predicted octanol–water partition coefficient (Wildman–Crippen LogP) is 4.56. The first-order valence-electron chi connectivity index (χ1n) is 8.23. The topological polar surface area (TPSA) is 87.3 Å². The van der Waals surface area contributed by atoms with Crippen LogP contribution in [0.3, 0.4) is 0 Å². The lowest BCUT2D eigenvalue weighted by atomic mass is 10.1. The molecule has 2 amide bonds. The lowest BCUT2D eigenvalue weighted by Crippen LogP contribution is -2.31. The highest BCUT2D eigenvalue weighted by atomic mass is 35.5. The molecular weight excluding hydrogens is 409 g/mol. The van der Waals surface area contributed by atoms with Crippen molar-refractivity contribution in [2.24, 2.45) is 0 Å². The first-order chi connectivity index (χ1) is 12.6. The van der Waals surface area contributed by atoms with E-state index in [9.17, 15) is 13.2 Å². The number of hydrogen-bond acceptors (Lipinski definition) is 3. The minimum Gasteiger partial charge on any atom is -0.331 e. The second-order valence-corrected chi connectivity index (χ2v) is 8.84. The molecule has 1 unspecified atom stereocenters. The summed E-state index contributed by atoms with van der Waals surface area (Å²) in [4.78, 5) is 12.3. The van der Waals surface area contributed by atoms with Gasteiger partial charge in [-0.3, -0.25) is 0 Å². The number of benzene rings is 2. The fourth-order valence-corrected chi connectivity index (χ4v) is 4.21. The normalized spacial score (nSPS) is 12.7. The van der Waals surface area contributed by atoms with Crippen LogP contribution in [-0.4, -0.2) is 20.5 Å². The van der Waals surface area contributed by atoms with Gasteiger partial charge in [0.1, 0.15) is 0 Å². The molecule has 0 bridgehead atoms. The zero-order chi connectivity index (χ0) is 20.2. The van der Waals surface area contributed by atoms with Gasteiger partial charge >= 0.3 is 6.03 Å². The van der Waals surface area contributed by atoms with Crippen LogP contribution in [-0.2, 0) is 10.0 Å². The van der Waals surface area contributed by atoms with Crippen molar-refractivity contribution in [2.75, 3.05) is 5.32 Å². The molecule has 0 saturated carbocycles. The average molecular weight is 430 g/mol. The number of nitrogens with one attached hydrogen (secondary N) is 3. The number of hydrogen-bond donors (Lipinski definition) is 3. The van der Waals surface area contributed by atoms with E-state index in [0.29, 0.717) is 15.7 Å². The molecule has 146 valence electrons. The molecule has 3 N–H and O–H groups in total. The molecule has 0 fully saturated rings. The molecule has 2 aromatic rings. The maximum Gasteiger partial charge on any atom is 0.319 e. The van der Waals surface area contributed by atoms with Crippen molar-refractivity contribution in [3.8, 4) is 0 Å². The summed E-state index contributed by atoms with van der Waals surface area (Å²) in [6, 6.07) is 9.97. The van der Waals surface area contributed by atoms with Gasteiger partial charge in [0.05, 0.1) is 10.9 Å². The highest BCUT2D eigenvalue weighted by molar-refractivity contribution is 7.89. The van der Waals surface area contributed by atoms with E-state index in [1.54, 1.807) is 39.0 Å². The largest absolute Gasteiger partial charge is 0.331 e. The van der Waals surface area contributed by atoms with Gasteiger partial charge in [-0.25, -0.2) is 17.9 Å². The van der Waals surface area contributed by atoms with E-state index >= 15 is 0 Å². The van der Waals surface area contributed by atoms with Crippen LogP contribution in [0.15, 0.2) is 47.4 Å². The summed E-state index contributed by atoms with van der Waals surface area (Å²) >= 11 is 12.0. The number of carbonyl (C=O) groups is 1. The Morgan fingerprint density at radius 1 is 1.00 bits per heavy atom. The van der Waals surface area contributed by atoms with Crippen molar-refractivity contribution in [1.82, 2.24) is 10.0 Å². The molecule has 0 saturated heterocycles. The van der Waals surface area contributed by atoms with Crippen LogP contribution in [0.5, 0.6) is 0 Å². The maximum atomic E-state index is 12.2. The van der Waals surface area contributed by atoms with Gasteiger partial charge in [0.2, 0.25) is 10.0 Å². The van der Waals surface area contributed by atoms with E-state index in [0.717, 1.165) is 5.56 Å². The molecule has 0 aliphatic rings. The Hall–Kier alpha value is -1.80. The van der Waals surface area contributed by atoms with Crippen LogP contribution in [0.1, 0.15) is 32.4 Å². The highest BCUT2D eigenvalue weighted by Crippen LogP contribution is 2.26. The summed E-state index contributed by atoms with van der Waals surface area (Å²) in [6.07, 6.45) is 0. The minimum atomic E-state index is -3.57. The molecule has 0 heterocycles. The van der Waals surface area contributed by atoms with Gasteiger partial charge in [-0.15, -0.1) is 0 Å². The minimum absolute atomic E-state index is 0.128. The lowest BCUT2D eigenvalue weighted by Gasteiger charge is -2.17. The molecule has 0 aliphatic heterocycles. The fraction of sp³-hybridized carbons (Fsp3) is 0.278. The van der Waals surface area contributed by atoms with Crippen LogP contribution >= 0.6 is 23.2 Å². The number of rotatable bonds is 6. The van der Waals surface area contributed by atoms with Crippen molar-refractivity contribution in [1.29, 1.82) is 0 Å². The Labute approximate surface area is 169 Å². The van der Waals surface area contributed by atoms with Crippen molar-refractivity contribution in [3.05, 3.63) is 58.1 Å². The van der Waals surface area contributed by atoms with Crippen molar-refractivity contribution >= 4 is 44.9 Å². The van der Waals surface area contributed by atoms with Crippen LogP contribution < -0.4 is 15.4 Å². The molecule has 2 aromatic carbocycles. The number of amides is 2. The predicted molar refractivity (Wildman–Crippen MR) is 109 cm³/mol. The molecular formula is C18H21Cl2N3O3S. The molecule has 0 radical (unpaired) electrons. The zero-order valence-electron chi connectivity index (χ0n) is 15.1. The van der Waals surface area contributed by atoms with E-state index in [-0.39, 0.29) is 17.0 Å². The van der Waals surface area contributed by atoms with Crippen molar-refractivity contribution in [3.63, 3.8) is 0 Å². The van der Waals surface area contributed by atoms with Crippen LogP contribution in [0.4, 0.5) is 10.5 Å². The monoisotopic (exact) mass is 429 g/mol. The van der Waals surface area contributed by atoms with Crippen LogP contribution in [0.25, 0.3) is 0 Å². The highest BCUT2D eigenvalue weighted by Gasteiger charge is 2.16. The Morgan fingerprint density at radius 2 is 1.63 bits per heavy atom. The third-order valence-electron chi connectivity index (χ3n) is 3.59. The van der Waals surface area contributed by atoms with Crippen molar-refractivity contribution in [2.45, 2.75) is 37.8 Å².